The number of rotatable bonds is 4. The fraction of sp³-hybridized carbons (Fsp3) is 0.250. The Labute approximate surface area is 118 Å². The summed E-state index contributed by atoms with van der Waals surface area (Å²) in [6.45, 7) is 2.32. The van der Waals surface area contributed by atoms with E-state index in [4.69, 9.17) is 0 Å². The van der Waals surface area contributed by atoms with Gasteiger partial charge in [-0.3, -0.25) is 0 Å². The van der Waals surface area contributed by atoms with Crippen molar-refractivity contribution in [2.24, 2.45) is 0 Å². The van der Waals surface area contributed by atoms with Gasteiger partial charge in [-0.15, -0.1) is 0 Å². The van der Waals surface area contributed by atoms with E-state index in [0.717, 1.165) is 23.0 Å². The van der Waals surface area contributed by atoms with Crippen molar-refractivity contribution in [2.45, 2.75) is 13.5 Å². The minimum absolute atomic E-state index is 0.328. The molecule has 0 amide bonds. The van der Waals surface area contributed by atoms with E-state index in [9.17, 15) is 8.78 Å². The fourth-order valence-electron chi connectivity index (χ4n) is 1.98. The largest absolute Gasteiger partial charge is 0.381 e. The highest BCUT2D eigenvalue weighted by Crippen LogP contribution is 2.22. The molecule has 0 fully saturated rings. The molecule has 0 aliphatic heterocycles. The SMILES string of the molecule is Cc1cc(N(C)C)ccc1NCc1ccc(F)cc1F. The molecule has 2 nitrogen and oxygen atoms in total. The quantitative estimate of drug-likeness (QED) is 0.909. The number of hydrogen-bond acceptors (Lipinski definition) is 2. The van der Waals surface area contributed by atoms with Gasteiger partial charge in [-0.25, -0.2) is 8.78 Å². The predicted molar refractivity (Wildman–Crippen MR) is 79.2 cm³/mol. The lowest BCUT2D eigenvalue weighted by atomic mass is 10.1. The van der Waals surface area contributed by atoms with Crippen LogP contribution in [0.3, 0.4) is 0 Å². The first-order chi connectivity index (χ1) is 9.47. The van der Waals surface area contributed by atoms with E-state index in [-0.39, 0.29) is 0 Å². The van der Waals surface area contributed by atoms with Gasteiger partial charge in [0.15, 0.2) is 0 Å². The molecule has 0 atom stereocenters. The predicted octanol–water partition coefficient (Wildman–Crippen LogP) is 3.95. The standard InChI is InChI=1S/C16H18F2N2/c1-11-8-14(20(2)3)6-7-16(11)19-10-12-4-5-13(17)9-15(12)18/h4-9,19H,10H2,1-3H3. The van der Waals surface area contributed by atoms with Crippen LogP contribution in [-0.2, 0) is 6.54 Å². The molecule has 0 aliphatic carbocycles. The highest BCUT2D eigenvalue weighted by molar-refractivity contribution is 5.59. The number of benzene rings is 2. The van der Waals surface area contributed by atoms with Gasteiger partial charge in [0.05, 0.1) is 0 Å². The second-order valence-corrected chi connectivity index (χ2v) is 4.98. The Morgan fingerprint density at radius 3 is 2.40 bits per heavy atom. The molecule has 4 heteroatoms. The van der Waals surface area contributed by atoms with Crippen LogP contribution in [0.5, 0.6) is 0 Å². The third kappa shape index (κ3) is 3.26. The smallest absolute Gasteiger partial charge is 0.131 e. The van der Waals surface area contributed by atoms with Gasteiger partial charge in [-0.1, -0.05) is 6.07 Å². The molecule has 0 heterocycles. The van der Waals surface area contributed by atoms with Crippen molar-refractivity contribution in [3.05, 3.63) is 59.2 Å². The zero-order valence-corrected chi connectivity index (χ0v) is 11.9. The molecule has 20 heavy (non-hydrogen) atoms. The van der Waals surface area contributed by atoms with E-state index in [1.165, 1.54) is 12.1 Å². The lowest BCUT2D eigenvalue weighted by Gasteiger charge is -2.16. The lowest BCUT2D eigenvalue weighted by molar-refractivity contribution is 0.574. The van der Waals surface area contributed by atoms with Crippen LogP contribution in [0.4, 0.5) is 20.2 Å². The third-order valence-corrected chi connectivity index (χ3v) is 3.21. The molecule has 0 aromatic heterocycles. The zero-order chi connectivity index (χ0) is 14.7. The Balaban J connectivity index is 2.11. The van der Waals surface area contributed by atoms with Crippen LogP contribution >= 0.6 is 0 Å². The van der Waals surface area contributed by atoms with Crippen LogP contribution in [0.2, 0.25) is 0 Å². The van der Waals surface area contributed by atoms with E-state index >= 15 is 0 Å². The van der Waals surface area contributed by atoms with E-state index in [0.29, 0.717) is 12.1 Å². The molecule has 0 radical (unpaired) electrons. The van der Waals surface area contributed by atoms with E-state index in [2.05, 4.69) is 11.4 Å². The van der Waals surface area contributed by atoms with Gasteiger partial charge in [0.25, 0.3) is 0 Å². The van der Waals surface area contributed by atoms with Crippen molar-refractivity contribution in [2.75, 3.05) is 24.3 Å². The molecule has 106 valence electrons. The summed E-state index contributed by atoms with van der Waals surface area (Å²) in [4.78, 5) is 2.02. The van der Waals surface area contributed by atoms with Crippen molar-refractivity contribution < 1.29 is 8.78 Å². The summed E-state index contributed by atoms with van der Waals surface area (Å²) in [6.07, 6.45) is 0. The van der Waals surface area contributed by atoms with Gasteiger partial charge in [-0.2, -0.15) is 0 Å². The molecule has 0 unspecified atom stereocenters. The van der Waals surface area contributed by atoms with E-state index in [1.54, 1.807) is 0 Å². The average molecular weight is 276 g/mol. The Morgan fingerprint density at radius 1 is 1.05 bits per heavy atom. The molecular formula is C16H18F2N2. The Morgan fingerprint density at radius 2 is 1.80 bits per heavy atom. The van der Waals surface area contributed by atoms with Crippen molar-refractivity contribution in [1.82, 2.24) is 0 Å². The van der Waals surface area contributed by atoms with Gasteiger partial charge in [0.2, 0.25) is 0 Å². The summed E-state index contributed by atoms with van der Waals surface area (Å²) >= 11 is 0. The number of hydrogen-bond donors (Lipinski definition) is 1. The van der Waals surface area contributed by atoms with Crippen molar-refractivity contribution in [1.29, 1.82) is 0 Å². The Hall–Kier alpha value is -2.10. The molecule has 0 bridgehead atoms. The van der Waals surface area contributed by atoms with Crippen molar-refractivity contribution in [3.8, 4) is 0 Å². The number of nitrogens with zero attached hydrogens (tertiary/aromatic N) is 1. The van der Waals surface area contributed by atoms with Crippen LogP contribution in [0, 0.1) is 18.6 Å². The topological polar surface area (TPSA) is 15.3 Å². The van der Waals surface area contributed by atoms with E-state index < -0.39 is 11.6 Å². The molecule has 2 rings (SSSR count). The van der Waals surface area contributed by atoms with Gasteiger partial charge in [-0.05, 0) is 36.8 Å². The summed E-state index contributed by atoms with van der Waals surface area (Å²) in [5.41, 5.74) is 3.58. The highest BCUT2D eigenvalue weighted by Gasteiger charge is 2.05. The van der Waals surface area contributed by atoms with Gasteiger partial charge < -0.3 is 10.2 Å². The van der Waals surface area contributed by atoms with Crippen molar-refractivity contribution in [3.63, 3.8) is 0 Å². The Kier molecular flexibility index (Phi) is 4.23. The number of anilines is 2. The first-order valence-corrected chi connectivity index (χ1v) is 6.43. The van der Waals surface area contributed by atoms with Crippen molar-refractivity contribution >= 4 is 11.4 Å². The van der Waals surface area contributed by atoms with E-state index in [1.807, 2.05) is 38.1 Å². The number of halogens is 2. The summed E-state index contributed by atoms with van der Waals surface area (Å²) < 4.78 is 26.4. The van der Waals surface area contributed by atoms with Crippen LogP contribution in [0.1, 0.15) is 11.1 Å². The van der Waals surface area contributed by atoms with Gasteiger partial charge in [0.1, 0.15) is 11.6 Å². The number of nitrogens with one attached hydrogen (secondary N) is 1. The van der Waals surface area contributed by atoms with Crippen LogP contribution in [-0.4, -0.2) is 14.1 Å². The summed E-state index contributed by atoms with van der Waals surface area (Å²) in [5, 5.41) is 3.17. The molecule has 2 aromatic carbocycles. The zero-order valence-electron chi connectivity index (χ0n) is 11.9. The molecule has 0 saturated carbocycles. The molecule has 2 aromatic rings. The van der Waals surface area contributed by atoms with Gasteiger partial charge in [0, 0.05) is 43.6 Å². The maximum absolute atomic E-state index is 13.5. The second kappa shape index (κ2) is 5.90. The third-order valence-electron chi connectivity index (χ3n) is 3.21. The van der Waals surface area contributed by atoms with Crippen LogP contribution < -0.4 is 10.2 Å². The molecule has 0 spiro atoms. The highest BCUT2D eigenvalue weighted by atomic mass is 19.1. The molecule has 0 aliphatic rings. The van der Waals surface area contributed by atoms with Crippen LogP contribution in [0.25, 0.3) is 0 Å². The first kappa shape index (κ1) is 14.3. The normalized spacial score (nSPS) is 10.4. The molecule has 1 N–H and O–H groups in total. The monoisotopic (exact) mass is 276 g/mol. The minimum atomic E-state index is -0.558. The van der Waals surface area contributed by atoms with Gasteiger partial charge >= 0.3 is 0 Å². The number of aryl methyl sites for hydroxylation is 1. The second-order valence-electron chi connectivity index (χ2n) is 4.98. The summed E-state index contributed by atoms with van der Waals surface area (Å²) in [6, 6.07) is 9.65. The maximum atomic E-state index is 13.5. The fourth-order valence-corrected chi connectivity index (χ4v) is 1.98. The molecule has 0 saturated heterocycles. The summed E-state index contributed by atoms with van der Waals surface area (Å²) in [5.74, 6) is -1.09. The Bertz CT molecular complexity index is 609. The maximum Gasteiger partial charge on any atom is 0.131 e. The van der Waals surface area contributed by atoms with Crippen LogP contribution in [0.15, 0.2) is 36.4 Å². The minimum Gasteiger partial charge on any atom is -0.381 e. The first-order valence-electron chi connectivity index (χ1n) is 6.43. The molecular weight excluding hydrogens is 258 g/mol. The summed E-state index contributed by atoms with van der Waals surface area (Å²) in [7, 11) is 3.96. The average Bonchev–Trinajstić information content (AvgIpc) is 2.38. The lowest BCUT2D eigenvalue weighted by Crippen LogP contribution is -2.09.